The lowest BCUT2D eigenvalue weighted by Gasteiger charge is -2.27. The smallest absolute Gasteiger partial charge is 0.342 e. The minimum atomic E-state index is -1.10. The molecule has 0 aromatic rings. The molecule has 5 nitrogen and oxygen atoms in total. The summed E-state index contributed by atoms with van der Waals surface area (Å²) in [7, 11) is 0. The molecule has 2 rings (SSSR count). The van der Waals surface area contributed by atoms with Gasteiger partial charge >= 0.3 is 11.9 Å². The van der Waals surface area contributed by atoms with E-state index in [9.17, 15) is 14.7 Å². The number of aliphatic hydroxyl groups excluding tert-OH is 1. The maximum absolute atomic E-state index is 12.3. The van der Waals surface area contributed by atoms with Crippen LogP contribution in [0.1, 0.15) is 129 Å². The Balaban J connectivity index is 1.52. The van der Waals surface area contributed by atoms with Gasteiger partial charge in [0.15, 0.2) is 0 Å². The van der Waals surface area contributed by atoms with E-state index >= 15 is 0 Å². The van der Waals surface area contributed by atoms with E-state index in [2.05, 4.69) is 26.0 Å². The van der Waals surface area contributed by atoms with Gasteiger partial charge in [0.05, 0.1) is 5.57 Å². The summed E-state index contributed by atoms with van der Waals surface area (Å²) in [5, 5.41) is 10.6. The third-order valence-electron chi connectivity index (χ3n) is 6.92. The molecule has 1 aliphatic carbocycles. The van der Waals surface area contributed by atoms with Gasteiger partial charge in [0.25, 0.3) is 0 Å². The van der Waals surface area contributed by atoms with Gasteiger partial charge in [-0.3, -0.25) is 4.79 Å². The van der Waals surface area contributed by atoms with Gasteiger partial charge in [-0.2, -0.15) is 0 Å². The summed E-state index contributed by atoms with van der Waals surface area (Å²) < 4.78 is 10.9. The maximum atomic E-state index is 12.3. The standard InChI is InChI=1S/C30H48O5/c1-3-5-7-8-9-10-11-12-13-14-15-16-17-18-19-21-27(31)34-26-23-22-24-25(20-6-4-2)35-30(33)28(24)29(26)32/h12-13,20,26,29,32H,3-11,14-19,21-23H2,1-2H3/b13-12-,25-20-/t26-,29-/m0/s1. The molecular weight excluding hydrogens is 440 g/mol. The van der Waals surface area contributed by atoms with Crippen molar-refractivity contribution in [3.8, 4) is 0 Å². The topological polar surface area (TPSA) is 72.8 Å². The number of aliphatic hydroxyl groups is 1. The Morgan fingerprint density at radius 1 is 0.914 bits per heavy atom. The van der Waals surface area contributed by atoms with E-state index in [-0.39, 0.29) is 11.5 Å². The van der Waals surface area contributed by atoms with Gasteiger partial charge in [-0.25, -0.2) is 4.79 Å². The quantitative estimate of drug-likeness (QED) is 0.122. The Hall–Kier alpha value is -1.88. The van der Waals surface area contributed by atoms with Crippen molar-refractivity contribution in [2.24, 2.45) is 0 Å². The Labute approximate surface area is 213 Å². The van der Waals surface area contributed by atoms with E-state index in [0.717, 1.165) is 44.1 Å². The van der Waals surface area contributed by atoms with Crippen molar-refractivity contribution in [2.75, 3.05) is 0 Å². The van der Waals surface area contributed by atoms with Crippen LogP contribution in [-0.2, 0) is 19.1 Å². The first-order valence-corrected chi connectivity index (χ1v) is 14.3. The zero-order valence-electron chi connectivity index (χ0n) is 22.2. The monoisotopic (exact) mass is 488 g/mol. The number of hydrogen-bond donors (Lipinski definition) is 1. The largest absolute Gasteiger partial charge is 0.459 e. The minimum absolute atomic E-state index is 0.275. The highest BCUT2D eigenvalue weighted by molar-refractivity contribution is 5.96. The van der Waals surface area contributed by atoms with Gasteiger partial charge < -0.3 is 14.6 Å². The van der Waals surface area contributed by atoms with E-state index < -0.39 is 18.2 Å². The molecule has 0 fully saturated rings. The highest BCUT2D eigenvalue weighted by Crippen LogP contribution is 2.38. The van der Waals surface area contributed by atoms with E-state index in [1.165, 1.54) is 57.8 Å². The van der Waals surface area contributed by atoms with Crippen LogP contribution in [-0.4, -0.2) is 29.3 Å². The Morgan fingerprint density at radius 3 is 2.20 bits per heavy atom. The summed E-state index contributed by atoms with van der Waals surface area (Å²) >= 11 is 0. The number of ether oxygens (including phenoxy) is 2. The number of unbranched alkanes of at least 4 members (excludes halogenated alkanes) is 12. The van der Waals surface area contributed by atoms with Crippen LogP contribution in [0, 0.1) is 0 Å². The molecule has 1 aliphatic heterocycles. The molecule has 0 saturated carbocycles. The van der Waals surface area contributed by atoms with Crippen LogP contribution < -0.4 is 0 Å². The highest BCUT2D eigenvalue weighted by atomic mass is 16.6. The van der Waals surface area contributed by atoms with Gasteiger partial charge in [-0.05, 0) is 57.4 Å². The van der Waals surface area contributed by atoms with Crippen molar-refractivity contribution in [3.05, 3.63) is 35.1 Å². The third kappa shape index (κ3) is 10.7. The molecule has 198 valence electrons. The van der Waals surface area contributed by atoms with E-state index in [1.54, 1.807) is 0 Å². The van der Waals surface area contributed by atoms with Crippen LogP contribution in [0.2, 0.25) is 0 Å². The average molecular weight is 489 g/mol. The molecule has 0 aromatic heterocycles. The fourth-order valence-corrected chi connectivity index (χ4v) is 4.79. The van der Waals surface area contributed by atoms with Crippen LogP contribution >= 0.6 is 0 Å². The van der Waals surface area contributed by atoms with Crippen LogP contribution in [0.25, 0.3) is 0 Å². The molecule has 35 heavy (non-hydrogen) atoms. The molecule has 0 amide bonds. The second-order valence-electron chi connectivity index (χ2n) is 9.98. The first-order chi connectivity index (χ1) is 17.1. The molecular formula is C30H48O5. The lowest BCUT2D eigenvalue weighted by Crippen LogP contribution is -2.37. The van der Waals surface area contributed by atoms with E-state index in [1.807, 2.05) is 6.08 Å². The molecule has 0 aromatic carbocycles. The normalized spacial score (nSPS) is 21.1. The van der Waals surface area contributed by atoms with E-state index in [4.69, 9.17) is 9.47 Å². The first-order valence-electron chi connectivity index (χ1n) is 14.3. The number of allylic oxidation sites excluding steroid dienone is 4. The highest BCUT2D eigenvalue weighted by Gasteiger charge is 2.42. The molecule has 0 radical (unpaired) electrons. The zero-order chi connectivity index (χ0) is 25.3. The molecule has 0 saturated heterocycles. The molecule has 0 spiro atoms. The first kappa shape index (κ1) is 29.4. The summed E-state index contributed by atoms with van der Waals surface area (Å²) in [5.74, 6) is -0.222. The summed E-state index contributed by atoms with van der Waals surface area (Å²) in [5.41, 5.74) is 1.05. The predicted octanol–water partition coefficient (Wildman–Crippen LogP) is 7.63. The molecule has 0 unspecified atom stereocenters. The van der Waals surface area contributed by atoms with Crippen LogP contribution in [0.15, 0.2) is 35.1 Å². The number of hydrogen-bond acceptors (Lipinski definition) is 5. The van der Waals surface area contributed by atoms with Crippen LogP contribution in [0.4, 0.5) is 0 Å². The summed E-state index contributed by atoms with van der Waals surface area (Å²) in [6.45, 7) is 4.32. The molecule has 5 heteroatoms. The molecule has 1 heterocycles. The maximum Gasteiger partial charge on any atom is 0.342 e. The van der Waals surface area contributed by atoms with Crippen molar-refractivity contribution in [1.29, 1.82) is 0 Å². The Bertz CT molecular complexity index is 733. The number of carbonyl (C=O) groups excluding carboxylic acids is 2. The van der Waals surface area contributed by atoms with Crippen LogP contribution in [0.5, 0.6) is 0 Å². The van der Waals surface area contributed by atoms with Gasteiger partial charge in [-0.15, -0.1) is 0 Å². The van der Waals surface area contributed by atoms with Crippen molar-refractivity contribution in [1.82, 2.24) is 0 Å². The molecule has 2 aliphatic rings. The second kappa shape index (κ2) is 17.5. The van der Waals surface area contributed by atoms with Gasteiger partial charge in [0.1, 0.15) is 18.0 Å². The predicted molar refractivity (Wildman–Crippen MR) is 141 cm³/mol. The van der Waals surface area contributed by atoms with Crippen LogP contribution in [0.3, 0.4) is 0 Å². The zero-order valence-corrected chi connectivity index (χ0v) is 22.2. The number of carbonyl (C=O) groups is 2. The number of esters is 2. The molecule has 0 bridgehead atoms. The van der Waals surface area contributed by atoms with Gasteiger partial charge in [-0.1, -0.05) is 83.8 Å². The Morgan fingerprint density at radius 2 is 1.54 bits per heavy atom. The summed E-state index contributed by atoms with van der Waals surface area (Å²) in [6, 6.07) is 0. The fourth-order valence-electron chi connectivity index (χ4n) is 4.79. The fraction of sp³-hybridized carbons (Fsp3) is 0.733. The number of rotatable bonds is 18. The second-order valence-corrected chi connectivity index (χ2v) is 9.98. The van der Waals surface area contributed by atoms with Crippen molar-refractivity contribution < 1.29 is 24.2 Å². The minimum Gasteiger partial charge on any atom is -0.459 e. The lowest BCUT2D eigenvalue weighted by atomic mass is 9.87. The van der Waals surface area contributed by atoms with Crippen molar-refractivity contribution >= 4 is 11.9 Å². The molecule has 1 N–H and O–H groups in total. The SMILES string of the molecule is CCC/C=C1\OC(=O)C2=C1CC[C@H](OC(=O)CCCCCCC/C=C\CCCCCCCC)[C@@H]2O. The average Bonchev–Trinajstić information content (AvgIpc) is 3.17. The van der Waals surface area contributed by atoms with Crippen molar-refractivity contribution in [2.45, 2.75) is 142 Å². The van der Waals surface area contributed by atoms with Gasteiger partial charge in [0.2, 0.25) is 0 Å². The van der Waals surface area contributed by atoms with E-state index in [0.29, 0.717) is 25.0 Å². The summed E-state index contributed by atoms with van der Waals surface area (Å²) in [6.07, 6.45) is 23.8. The Kier molecular flexibility index (Phi) is 14.7. The van der Waals surface area contributed by atoms with Gasteiger partial charge in [0, 0.05) is 12.0 Å². The van der Waals surface area contributed by atoms with Crippen molar-refractivity contribution in [3.63, 3.8) is 0 Å². The summed E-state index contributed by atoms with van der Waals surface area (Å²) in [4.78, 5) is 24.5. The third-order valence-corrected chi connectivity index (χ3v) is 6.92. The lowest BCUT2D eigenvalue weighted by molar-refractivity contribution is -0.156. The number of cyclic esters (lactones) is 1. The molecule has 2 atom stereocenters.